The third-order valence-electron chi connectivity index (χ3n) is 6.21. The van der Waals surface area contributed by atoms with Crippen LogP contribution in [0, 0.1) is 0 Å². The van der Waals surface area contributed by atoms with Gasteiger partial charge in [0.1, 0.15) is 5.73 Å². The van der Waals surface area contributed by atoms with Crippen LogP contribution in [-0.2, 0) is 9.31 Å². The number of rotatable bonds is 4. The molecule has 0 saturated carbocycles. The fourth-order valence-corrected chi connectivity index (χ4v) is 4.72. The molecule has 2 fully saturated rings. The number of hydrogen-bond acceptors (Lipinski definition) is 6. The van der Waals surface area contributed by atoms with Crippen LogP contribution in [0.2, 0.25) is 0 Å². The fourth-order valence-electron chi connectivity index (χ4n) is 3.58. The summed E-state index contributed by atoms with van der Waals surface area (Å²) in [6, 6.07) is 9.96. The maximum Gasteiger partial charge on any atom is 0.525 e. The largest absolute Gasteiger partial charge is 0.525 e. The van der Waals surface area contributed by atoms with Crippen molar-refractivity contribution in [2.75, 3.05) is 31.1 Å². The molecule has 0 spiro atoms. The summed E-state index contributed by atoms with van der Waals surface area (Å²) in [7, 11) is -1.01. The summed E-state index contributed by atoms with van der Waals surface area (Å²) < 4.78 is 27.5. The molecule has 1 aromatic carbocycles. The van der Waals surface area contributed by atoms with Crippen LogP contribution in [0.1, 0.15) is 39.5 Å². The number of benzene rings is 1. The topological polar surface area (TPSA) is 46.6 Å². The number of hydrogen-bond donors (Lipinski definition) is 1. The average Bonchev–Trinajstić information content (AvgIpc) is 3.27. The van der Waals surface area contributed by atoms with Crippen molar-refractivity contribution in [2.24, 2.45) is 0 Å². The molecule has 3 heterocycles. The Bertz CT molecular complexity index is 923. The predicted octanol–water partition coefficient (Wildman–Crippen LogP) is 4.55. The van der Waals surface area contributed by atoms with Gasteiger partial charge in [-0.25, -0.2) is 9.37 Å². The quantitative estimate of drug-likeness (QED) is 0.723. The molecule has 1 N–H and O–H groups in total. The molecule has 8 heteroatoms. The first-order valence-corrected chi connectivity index (χ1v) is 11.3. The van der Waals surface area contributed by atoms with Crippen molar-refractivity contribution in [2.45, 2.75) is 45.8 Å². The van der Waals surface area contributed by atoms with E-state index in [1.807, 2.05) is 58.0 Å². The maximum atomic E-state index is 15.6. The van der Waals surface area contributed by atoms with Gasteiger partial charge in [-0.2, -0.15) is 0 Å². The Kier molecular flexibility index (Phi) is 5.79. The summed E-state index contributed by atoms with van der Waals surface area (Å²) >= 11 is 1.53. The van der Waals surface area contributed by atoms with Crippen molar-refractivity contribution in [1.82, 2.24) is 10.3 Å². The van der Waals surface area contributed by atoms with Gasteiger partial charge in [0.25, 0.3) is 0 Å². The van der Waals surface area contributed by atoms with Crippen molar-refractivity contribution in [3.8, 4) is 11.3 Å². The summed E-state index contributed by atoms with van der Waals surface area (Å²) in [6.45, 7) is 13.1. The van der Waals surface area contributed by atoms with E-state index in [1.165, 1.54) is 11.3 Å². The summed E-state index contributed by atoms with van der Waals surface area (Å²) in [5.74, 6) is 0. The van der Waals surface area contributed by atoms with Crippen molar-refractivity contribution in [3.05, 3.63) is 40.9 Å². The lowest BCUT2D eigenvalue weighted by molar-refractivity contribution is 0.00578. The molecule has 2 aromatic rings. The number of nitrogens with one attached hydrogen (secondary N) is 1. The van der Waals surface area contributed by atoms with E-state index in [-0.39, 0.29) is 5.73 Å². The third kappa shape index (κ3) is 3.94. The Morgan fingerprint density at radius 1 is 1.10 bits per heavy atom. The van der Waals surface area contributed by atoms with E-state index in [0.717, 1.165) is 47.4 Å². The second kappa shape index (κ2) is 8.07. The van der Waals surface area contributed by atoms with Gasteiger partial charge in [0.15, 0.2) is 5.13 Å². The Labute approximate surface area is 182 Å². The Morgan fingerprint density at radius 3 is 2.30 bits per heavy atom. The molecule has 160 valence electrons. The number of nitrogens with zero attached hydrogens (tertiary/aromatic N) is 2. The van der Waals surface area contributed by atoms with E-state index in [1.54, 1.807) is 6.92 Å². The van der Waals surface area contributed by atoms with Gasteiger partial charge in [0.2, 0.25) is 0 Å². The van der Waals surface area contributed by atoms with Crippen LogP contribution in [0.4, 0.5) is 9.52 Å². The number of anilines is 1. The molecular formula is C22H29BFN3O2S. The first-order valence-electron chi connectivity index (χ1n) is 10.4. The molecule has 4 rings (SSSR count). The Balaban J connectivity index is 1.75. The van der Waals surface area contributed by atoms with Crippen LogP contribution < -0.4 is 10.2 Å². The molecule has 0 atom stereocenters. The predicted molar refractivity (Wildman–Crippen MR) is 122 cm³/mol. The summed E-state index contributed by atoms with van der Waals surface area (Å²) in [5, 5.41) is 4.29. The van der Waals surface area contributed by atoms with Gasteiger partial charge in [0.05, 0.1) is 21.8 Å². The van der Waals surface area contributed by atoms with Gasteiger partial charge in [-0.3, -0.25) is 0 Å². The third-order valence-corrected chi connectivity index (χ3v) is 7.45. The van der Waals surface area contributed by atoms with Gasteiger partial charge >= 0.3 is 7.12 Å². The molecule has 0 aliphatic carbocycles. The molecule has 2 aliphatic rings. The van der Waals surface area contributed by atoms with Gasteiger partial charge in [-0.05, 0) is 40.2 Å². The summed E-state index contributed by atoms with van der Waals surface area (Å²) in [4.78, 5) is 8.01. The molecule has 0 amide bonds. The van der Waals surface area contributed by atoms with Gasteiger partial charge < -0.3 is 19.5 Å². The van der Waals surface area contributed by atoms with E-state index in [2.05, 4.69) is 10.2 Å². The van der Waals surface area contributed by atoms with Gasteiger partial charge in [-0.1, -0.05) is 41.7 Å². The fraction of sp³-hybridized carbons (Fsp3) is 0.500. The zero-order valence-corrected chi connectivity index (χ0v) is 19.1. The van der Waals surface area contributed by atoms with Gasteiger partial charge in [-0.15, -0.1) is 0 Å². The zero-order valence-electron chi connectivity index (χ0n) is 18.3. The number of piperazine rings is 1. The number of aromatic nitrogens is 1. The van der Waals surface area contributed by atoms with E-state index >= 15 is 4.39 Å². The lowest BCUT2D eigenvalue weighted by Crippen LogP contribution is -2.43. The Morgan fingerprint density at radius 2 is 1.70 bits per heavy atom. The highest BCUT2D eigenvalue weighted by Gasteiger charge is 2.53. The lowest BCUT2D eigenvalue weighted by Gasteiger charge is -2.32. The second-order valence-corrected chi connectivity index (χ2v) is 9.82. The highest BCUT2D eigenvalue weighted by molar-refractivity contribution is 7.17. The van der Waals surface area contributed by atoms with E-state index in [9.17, 15) is 0 Å². The summed E-state index contributed by atoms with van der Waals surface area (Å²) in [5.41, 5.74) is 0.742. The van der Waals surface area contributed by atoms with Crippen LogP contribution in [-0.4, -0.2) is 49.5 Å². The average molecular weight is 429 g/mol. The van der Waals surface area contributed by atoms with Crippen LogP contribution in [0.15, 0.2) is 36.1 Å². The van der Waals surface area contributed by atoms with Crippen LogP contribution in [0.3, 0.4) is 0 Å². The van der Waals surface area contributed by atoms with Crippen molar-refractivity contribution in [1.29, 1.82) is 0 Å². The normalized spacial score (nSPS) is 21.7. The van der Waals surface area contributed by atoms with Crippen LogP contribution in [0.5, 0.6) is 0 Å². The zero-order chi connectivity index (χ0) is 21.5. The Hall–Kier alpha value is -1.74. The highest BCUT2D eigenvalue weighted by atomic mass is 32.1. The van der Waals surface area contributed by atoms with Crippen molar-refractivity contribution < 1.29 is 13.7 Å². The summed E-state index contributed by atoms with van der Waals surface area (Å²) in [6.07, 6.45) is 0. The first kappa shape index (κ1) is 21.5. The molecule has 0 bridgehead atoms. The standard InChI is InChI=1S/C22H29BFN3O2S/c1-15(19(24)23-28-21(2,3)22(4,5)29-23)18-17(16-9-7-6-8-10-16)26-20(30-18)27-13-11-25-12-14-27/h6-10,25H,11-14H2,1-5H3. The van der Waals surface area contributed by atoms with E-state index in [4.69, 9.17) is 14.3 Å². The molecule has 30 heavy (non-hydrogen) atoms. The van der Waals surface area contributed by atoms with Crippen molar-refractivity contribution >= 4 is 29.2 Å². The minimum absolute atomic E-state index is 0.388. The van der Waals surface area contributed by atoms with E-state index < -0.39 is 18.3 Å². The molecule has 1 aromatic heterocycles. The lowest BCUT2D eigenvalue weighted by atomic mass is 9.84. The molecule has 0 unspecified atom stereocenters. The molecule has 0 radical (unpaired) electrons. The number of allylic oxidation sites excluding steroid dienone is 1. The van der Waals surface area contributed by atoms with Crippen LogP contribution >= 0.6 is 11.3 Å². The maximum absolute atomic E-state index is 15.6. The number of halogens is 1. The molecule has 2 saturated heterocycles. The van der Waals surface area contributed by atoms with Crippen LogP contribution in [0.25, 0.3) is 16.8 Å². The first-order chi connectivity index (χ1) is 14.2. The van der Waals surface area contributed by atoms with E-state index in [0.29, 0.717) is 5.57 Å². The SMILES string of the molecule is CC(=C(F)B1OC(C)(C)C(C)(C)O1)c1sc(N2CCNCC2)nc1-c1ccccc1. The molecular weight excluding hydrogens is 400 g/mol. The van der Waals surface area contributed by atoms with Gasteiger partial charge in [0, 0.05) is 31.7 Å². The molecule has 2 aliphatic heterocycles. The smallest absolute Gasteiger partial charge is 0.398 e. The monoisotopic (exact) mass is 429 g/mol. The highest BCUT2D eigenvalue weighted by Crippen LogP contribution is 2.43. The van der Waals surface area contributed by atoms with Crippen molar-refractivity contribution in [3.63, 3.8) is 0 Å². The number of thiazole rings is 1. The minimum Gasteiger partial charge on any atom is -0.398 e. The molecule has 5 nitrogen and oxygen atoms in total. The minimum atomic E-state index is -1.01. The second-order valence-electron chi connectivity index (χ2n) is 8.84.